The van der Waals surface area contributed by atoms with Crippen LogP contribution in [0.2, 0.25) is 0 Å². The largest absolute Gasteiger partial charge is 0.386 e. The molecule has 1 aliphatic carbocycles. The summed E-state index contributed by atoms with van der Waals surface area (Å²) < 4.78 is 0. The van der Waals surface area contributed by atoms with Gasteiger partial charge < -0.3 is 15.3 Å². The van der Waals surface area contributed by atoms with Gasteiger partial charge in [0, 0.05) is 0 Å². The van der Waals surface area contributed by atoms with Crippen LogP contribution in [-0.4, -0.2) is 33.3 Å². The van der Waals surface area contributed by atoms with E-state index in [0.717, 1.165) is 0 Å². The number of hydrogen-bond donors (Lipinski definition) is 4. The number of nitrogens with two attached hydrogens (primary N) is 1. The Kier molecular flexibility index (Phi) is 0.695. The van der Waals surface area contributed by atoms with E-state index in [9.17, 15) is 0 Å². The molecule has 0 heterocycles. The highest BCUT2D eigenvalue weighted by molar-refractivity contribution is 5.09. The lowest BCUT2D eigenvalue weighted by atomic mass is 10.6. The number of rotatable bonds is 0. The van der Waals surface area contributed by atoms with Gasteiger partial charge in [0.1, 0.15) is 12.2 Å². The standard InChI is InChI=1S/C3H7NO3/c4-3(7)1(5)2(3)6/h1-2,5-7H,4H2/t1-,2?,3+/m1/s1. The van der Waals surface area contributed by atoms with Gasteiger partial charge in [-0.05, 0) is 0 Å². The number of aliphatic hydroxyl groups excluding tert-OH is 2. The summed E-state index contributed by atoms with van der Waals surface area (Å²) in [7, 11) is 0. The predicted molar refractivity (Wildman–Crippen MR) is 21.2 cm³/mol. The molecule has 1 unspecified atom stereocenters. The van der Waals surface area contributed by atoms with E-state index in [4.69, 9.17) is 21.1 Å². The third-order valence-corrected chi connectivity index (χ3v) is 1.14. The lowest BCUT2D eigenvalue weighted by Crippen LogP contribution is -2.28. The highest BCUT2D eigenvalue weighted by Gasteiger charge is 2.61. The van der Waals surface area contributed by atoms with Crippen molar-refractivity contribution in [2.45, 2.75) is 17.9 Å². The first kappa shape index (κ1) is 4.99. The average molecular weight is 105 g/mol. The Morgan fingerprint density at radius 3 is 1.43 bits per heavy atom. The van der Waals surface area contributed by atoms with Gasteiger partial charge in [-0.3, -0.25) is 5.73 Å². The van der Waals surface area contributed by atoms with Crippen molar-refractivity contribution in [3.05, 3.63) is 0 Å². The SMILES string of the molecule is N[C@@]1(O)C(O)[C@H]1O. The van der Waals surface area contributed by atoms with Crippen LogP contribution < -0.4 is 5.73 Å². The van der Waals surface area contributed by atoms with Gasteiger partial charge >= 0.3 is 0 Å². The second kappa shape index (κ2) is 0.976. The fourth-order valence-corrected chi connectivity index (χ4v) is 0.358. The smallest absolute Gasteiger partial charge is 0.171 e. The minimum atomic E-state index is -1.72. The lowest BCUT2D eigenvalue weighted by molar-refractivity contribution is 0.0759. The maximum absolute atomic E-state index is 8.45. The fraction of sp³-hybridized carbons (Fsp3) is 1.00. The van der Waals surface area contributed by atoms with Gasteiger partial charge in [-0.1, -0.05) is 0 Å². The van der Waals surface area contributed by atoms with Gasteiger partial charge in [0.2, 0.25) is 0 Å². The number of hydrogen-bond acceptors (Lipinski definition) is 4. The summed E-state index contributed by atoms with van der Waals surface area (Å²) in [6.07, 6.45) is -2.29. The van der Waals surface area contributed by atoms with E-state index < -0.39 is 17.9 Å². The third kappa shape index (κ3) is 0.450. The van der Waals surface area contributed by atoms with Crippen LogP contribution in [0, 0.1) is 0 Å². The van der Waals surface area contributed by atoms with Crippen molar-refractivity contribution in [1.29, 1.82) is 0 Å². The minimum Gasteiger partial charge on any atom is -0.386 e. The van der Waals surface area contributed by atoms with Crippen molar-refractivity contribution < 1.29 is 15.3 Å². The molecule has 0 amide bonds. The molecule has 4 heteroatoms. The maximum atomic E-state index is 8.45. The van der Waals surface area contributed by atoms with Crippen LogP contribution in [-0.2, 0) is 0 Å². The van der Waals surface area contributed by atoms with Gasteiger partial charge in [0.05, 0.1) is 0 Å². The zero-order valence-electron chi connectivity index (χ0n) is 3.57. The zero-order chi connectivity index (χ0) is 5.65. The van der Waals surface area contributed by atoms with Crippen molar-refractivity contribution in [3.63, 3.8) is 0 Å². The van der Waals surface area contributed by atoms with Gasteiger partial charge in [0.15, 0.2) is 5.72 Å². The van der Waals surface area contributed by atoms with E-state index in [1.165, 1.54) is 0 Å². The van der Waals surface area contributed by atoms with E-state index in [1.807, 2.05) is 0 Å². The average Bonchev–Trinajstić information content (AvgIpc) is 1.91. The van der Waals surface area contributed by atoms with Crippen LogP contribution in [0.15, 0.2) is 0 Å². The van der Waals surface area contributed by atoms with E-state index >= 15 is 0 Å². The molecule has 1 saturated carbocycles. The van der Waals surface area contributed by atoms with Crippen LogP contribution in [0.3, 0.4) is 0 Å². The Labute approximate surface area is 40.2 Å². The second-order valence-electron chi connectivity index (χ2n) is 1.78. The molecule has 0 aromatic rings. The van der Waals surface area contributed by atoms with Crippen LogP contribution in [0.5, 0.6) is 0 Å². The normalized spacial score (nSPS) is 60.0. The molecule has 0 aromatic heterocycles. The van der Waals surface area contributed by atoms with Crippen molar-refractivity contribution in [2.24, 2.45) is 5.73 Å². The van der Waals surface area contributed by atoms with E-state index in [1.54, 1.807) is 0 Å². The molecule has 0 radical (unpaired) electrons. The van der Waals surface area contributed by atoms with Crippen LogP contribution in [0.4, 0.5) is 0 Å². The summed E-state index contributed by atoms with van der Waals surface area (Å²) in [5.41, 5.74) is 3.09. The van der Waals surface area contributed by atoms with E-state index in [0.29, 0.717) is 0 Å². The molecular weight excluding hydrogens is 98.0 g/mol. The fourth-order valence-electron chi connectivity index (χ4n) is 0.358. The molecule has 1 fully saturated rings. The molecular formula is C3H7NO3. The van der Waals surface area contributed by atoms with E-state index in [-0.39, 0.29) is 0 Å². The molecule has 5 N–H and O–H groups in total. The van der Waals surface area contributed by atoms with Gasteiger partial charge in [-0.2, -0.15) is 0 Å². The molecule has 0 aliphatic heterocycles. The summed E-state index contributed by atoms with van der Waals surface area (Å²) in [5, 5.41) is 25.1. The highest BCUT2D eigenvalue weighted by atomic mass is 16.4. The molecule has 0 saturated heterocycles. The summed E-state index contributed by atoms with van der Waals surface area (Å²) in [6.45, 7) is 0. The van der Waals surface area contributed by atoms with Gasteiger partial charge in [-0.15, -0.1) is 0 Å². The molecule has 7 heavy (non-hydrogen) atoms. The highest BCUT2D eigenvalue weighted by Crippen LogP contribution is 2.29. The Hall–Kier alpha value is -0.160. The Morgan fingerprint density at radius 1 is 1.29 bits per heavy atom. The molecule has 3 atom stereocenters. The molecule has 42 valence electrons. The van der Waals surface area contributed by atoms with Crippen molar-refractivity contribution >= 4 is 0 Å². The van der Waals surface area contributed by atoms with Crippen molar-refractivity contribution in [1.82, 2.24) is 0 Å². The summed E-state index contributed by atoms with van der Waals surface area (Å²) in [6, 6.07) is 0. The predicted octanol–water partition coefficient (Wildman–Crippen LogP) is -2.63. The molecule has 0 spiro atoms. The second-order valence-corrected chi connectivity index (χ2v) is 1.78. The Morgan fingerprint density at radius 2 is 1.43 bits per heavy atom. The summed E-state index contributed by atoms with van der Waals surface area (Å²) in [4.78, 5) is 0. The van der Waals surface area contributed by atoms with Crippen molar-refractivity contribution in [2.75, 3.05) is 0 Å². The molecule has 1 aliphatic rings. The third-order valence-electron chi connectivity index (χ3n) is 1.14. The first-order valence-corrected chi connectivity index (χ1v) is 1.94. The lowest BCUT2D eigenvalue weighted by Gasteiger charge is -1.92. The zero-order valence-corrected chi connectivity index (χ0v) is 3.57. The van der Waals surface area contributed by atoms with E-state index in [2.05, 4.69) is 0 Å². The summed E-state index contributed by atoms with van der Waals surface area (Å²) in [5.74, 6) is 0. The first-order chi connectivity index (χ1) is 3.07. The molecule has 4 nitrogen and oxygen atoms in total. The Bertz CT molecular complexity index is 82.2. The molecule has 0 bridgehead atoms. The monoisotopic (exact) mass is 105 g/mol. The minimum absolute atomic E-state index is 1.15. The topological polar surface area (TPSA) is 86.7 Å². The number of aliphatic hydroxyl groups is 3. The van der Waals surface area contributed by atoms with Crippen LogP contribution in [0.1, 0.15) is 0 Å². The quantitative estimate of drug-likeness (QED) is 0.254. The van der Waals surface area contributed by atoms with Crippen molar-refractivity contribution in [3.8, 4) is 0 Å². The molecule has 0 aromatic carbocycles. The maximum Gasteiger partial charge on any atom is 0.171 e. The van der Waals surface area contributed by atoms with Gasteiger partial charge in [0.25, 0.3) is 0 Å². The molecule has 1 rings (SSSR count). The van der Waals surface area contributed by atoms with Crippen LogP contribution in [0.25, 0.3) is 0 Å². The Balaban J connectivity index is 2.52. The summed E-state index contributed by atoms with van der Waals surface area (Å²) >= 11 is 0. The van der Waals surface area contributed by atoms with Crippen LogP contribution >= 0.6 is 0 Å². The first-order valence-electron chi connectivity index (χ1n) is 1.94. The van der Waals surface area contributed by atoms with Gasteiger partial charge in [-0.25, -0.2) is 0 Å².